The van der Waals surface area contributed by atoms with E-state index in [4.69, 9.17) is 0 Å². The lowest BCUT2D eigenvalue weighted by atomic mass is 9.74. The molecule has 0 aromatic carbocycles. The van der Waals surface area contributed by atoms with Crippen LogP contribution in [-0.4, -0.2) is 23.1 Å². The molecule has 0 aromatic heterocycles. The number of aliphatic imine (C=N–C) groups is 1. The van der Waals surface area contributed by atoms with Crippen molar-refractivity contribution in [1.29, 1.82) is 0 Å². The van der Waals surface area contributed by atoms with Gasteiger partial charge in [0.2, 0.25) is 0 Å². The van der Waals surface area contributed by atoms with Gasteiger partial charge in [-0.3, -0.25) is 9.79 Å². The van der Waals surface area contributed by atoms with Crippen LogP contribution in [0, 0.1) is 11.3 Å². The van der Waals surface area contributed by atoms with Crippen LogP contribution < -0.4 is 0 Å². The average Bonchev–Trinajstić information content (AvgIpc) is 2.13. The zero-order valence-electron chi connectivity index (χ0n) is 10.9. The number of aliphatic hydroxyl groups is 1. The summed E-state index contributed by atoms with van der Waals surface area (Å²) in [4.78, 5) is 16.6. The van der Waals surface area contributed by atoms with Crippen molar-refractivity contribution in [2.45, 2.75) is 46.5 Å². The number of aliphatic hydroxyl groups excluding tert-OH is 1. The fourth-order valence-corrected chi connectivity index (χ4v) is 2.71. The van der Waals surface area contributed by atoms with E-state index in [1.165, 1.54) is 0 Å². The van der Waals surface area contributed by atoms with E-state index >= 15 is 0 Å². The standard InChI is InChI=1S/C14H21NO2/c1-9-4-5-15-10(6-9)13-11(16)7-14(2,3)8-12(13)17/h9,16H,4-8H2,1-3H3. The predicted molar refractivity (Wildman–Crippen MR) is 68.4 cm³/mol. The first-order chi connectivity index (χ1) is 7.89. The van der Waals surface area contributed by atoms with Gasteiger partial charge in [0.15, 0.2) is 5.78 Å². The minimum absolute atomic E-state index is 0.0617. The highest BCUT2D eigenvalue weighted by Gasteiger charge is 2.35. The van der Waals surface area contributed by atoms with Crippen LogP contribution in [0.1, 0.15) is 46.5 Å². The molecule has 1 aliphatic carbocycles. The number of carbonyl (C=O) groups is 1. The van der Waals surface area contributed by atoms with E-state index in [0.717, 1.165) is 25.1 Å². The Morgan fingerprint density at radius 1 is 1.35 bits per heavy atom. The maximum absolute atomic E-state index is 12.1. The Balaban J connectivity index is 2.31. The summed E-state index contributed by atoms with van der Waals surface area (Å²) < 4.78 is 0. The van der Waals surface area contributed by atoms with Crippen molar-refractivity contribution in [2.75, 3.05) is 6.54 Å². The van der Waals surface area contributed by atoms with Crippen LogP contribution in [0.25, 0.3) is 0 Å². The number of hydrogen-bond acceptors (Lipinski definition) is 3. The van der Waals surface area contributed by atoms with Gasteiger partial charge in [-0.1, -0.05) is 20.8 Å². The predicted octanol–water partition coefficient (Wildman–Crippen LogP) is 3.06. The summed E-state index contributed by atoms with van der Waals surface area (Å²) in [6.45, 7) is 6.99. The number of ketones is 1. The number of nitrogens with zero attached hydrogens (tertiary/aromatic N) is 1. The molecule has 1 atom stereocenters. The number of hydrogen-bond donors (Lipinski definition) is 1. The molecule has 3 nitrogen and oxygen atoms in total. The molecule has 0 amide bonds. The Morgan fingerprint density at radius 2 is 2.06 bits per heavy atom. The number of Topliss-reactive ketones (excluding diaryl/α,β-unsaturated/α-hetero) is 1. The lowest BCUT2D eigenvalue weighted by molar-refractivity contribution is -0.118. The molecule has 1 unspecified atom stereocenters. The first kappa shape index (κ1) is 12.3. The Kier molecular flexibility index (Phi) is 3.11. The van der Waals surface area contributed by atoms with Crippen molar-refractivity contribution >= 4 is 11.5 Å². The molecule has 0 bridgehead atoms. The third-order valence-corrected chi connectivity index (χ3v) is 3.61. The van der Waals surface area contributed by atoms with Crippen molar-refractivity contribution in [2.24, 2.45) is 16.3 Å². The highest BCUT2D eigenvalue weighted by Crippen LogP contribution is 2.37. The summed E-state index contributed by atoms with van der Waals surface area (Å²) in [5.74, 6) is 0.872. The molecule has 1 N–H and O–H groups in total. The van der Waals surface area contributed by atoms with Crippen LogP contribution >= 0.6 is 0 Å². The molecule has 3 heteroatoms. The highest BCUT2D eigenvalue weighted by atomic mass is 16.3. The lowest BCUT2D eigenvalue weighted by Crippen LogP contribution is -2.31. The highest BCUT2D eigenvalue weighted by molar-refractivity contribution is 6.23. The first-order valence-corrected chi connectivity index (χ1v) is 6.38. The monoisotopic (exact) mass is 235 g/mol. The number of rotatable bonds is 1. The third kappa shape index (κ3) is 2.59. The van der Waals surface area contributed by atoms with Gasteiger partial charge in [-0.05, 0) is 24.2 Å². The Bertz CT molecular complexity index is 404. The SMILES string of the molecule is CC1CCN=C(C2=C(O)CC(C)(C)CC2=O)C1. The van der Waals surface area contributed by atoms with E-state index < -0.39 is 0 Å². The van der Waals surface area contributed by atoms with Gasteiger partial charge in [0, 0.05) is 25.1 Å². The van der Waals surface area contributed by atoms with Gasteiger partial charge in [0.25, 0.3) is 0 Å². The van der Waals surface area contributed by atoms with Crippen LogP contribution in [0.2, 0.25) is 0 Å². The summed E-state index contributed by atoms with van der Waals surface area (Å²) in [6.07, 6.45) is 3.00. The third-order valence-electron chi connectivity index (χ3n) is 3.61. The molecule has 0 spiro atoms. The maximum Gasteiger partial charge on any atom is 0.168 e. The molecule has 2 aliphatic rings. The molecule has 0 radical (unpaired) electrons. The molecule has 94 valence electrons. The molecule has 1 aliphatic heterocycles. The average molecular weight is 235 g/mol. The summed E-state index contributed by atoms with van der Waals surface area (Å²) >= 11 is 0. The molecule has 1 heterocycles. The van der Waals surface area contributed by atoms with Gasteiger partial charge in [-0.25, -0.2) is 0 Å². The summed E-state index contributed by atoms with van der Waals surface area (Å²) in [5.41, 5.74) is 1.24. The molecular formula is C14H21NO2. The van der Waals surface area contributed by atoms with E-state index in [-0.39, 0.29) is 17.0 Å². The van der Waals surface area contributed by atoms with E-state index in [9.17, 15) is 9.90 Å². The van der Waals surface area contributed by atoms with Gasteiger partial charge in [0.1, 0.15) is 5.76 Å². The van der Waals surface area contributed by atoms with Gasteiger partial charge < -0.3 is 5.11 Å². The minimum Gasteiger partial charge on any atom is -0.511 e. The van der Waals surface area contributed by atoms with Gasteiger partial charge in [0.05, 0.1) is 5.57 Å². The van der Waals surface area contributed by atoms with E-state index in [2.05, 4.69) is 11.9 Å². The zero-order chi connectivity index (χ0) is 12.6. The van der Waals surface area contributed by atoms with Crippen molar-refractivity contribution in [3.05, 3.63) is 11.3 Å². The van der Waals surface area contributed by atoms with Crippen LogP contribution in [0.5, 0.6) is 0 Å². The maximum atomic E-state index is 12.1. The van der Waals surface area contributed by atoms with Crippen LogP contribution in [0.4, 0.5) is 0 Å². The fraction of sp³-hybridized carbons (Fsp3) is 0.714. The minimum atomic E-state index is -0.120. The smallest absolute Gasteiger partial charge is 0.168 e. The molecular weight excluding hydrogens is 214 g/mol. The van der Waals surface area contributed by atoms with Crippen LogP contribution in [0.15, 0.2) is 16.3 Å². The van der Waals surface area contributed by atoms with Gasteiger partial charge in [-0.15, -0.1) is 0 Å². The number of carbonyl (C=O) groups excluding carboxylic acids is 1. The molecule has 0 saturated heterocycles. The molecule has 0 fully saturated rings. The summed E-state index contributed by atoms with van der Waals surface area (Å²) in [5, 5.41) is 10.1. The van der Waals surface area contributed by atoms with Gasteiger partial charge >= 0.3 is 0 Å². The Labute approximate surface area is 103 Å². The first-order valence-electron chi connectivity index (χ1n) is 6.38. The second kappa shape index (κ2) is 4.28. The molecule has 0 saturated carbocycles. The lowest BCUT2D eigenvalue weighted by Gasteiger charge is -2.31. The van der Waals surface area contributed by atoms with Gasteiger partial charge in [-0.2, -0.15) is 0 Å². The summed E-state index contributed by atoms with van der Waals surface area (Å²) in [6, 6.07) is 0. The molecule has 17 heavy (non-hydrogen) atoms. The van der Waals surface area contributed by atoms with Crippen molar-refractivity contribution in [3.63, 3.8) is 0 Å². The fourth-order valence-electron chi connectivity index (χ4n) is 2.71. The molecule has 2 rings (SSSR count). The van der Waals surface area contributed by atoms with Crippen molar-refractivity contribution in [1.82, 2.24) is 0 Å². The zero-order valence-corrected chi connectivity index (χ0v) is 10.9. The second-order valence-corrected chi connectivity index (χ2v) is 6.19. The van der Waals surface area contributed by atoms with E-state index in [1.807, 2.05) is 13.8 Å². The van der Waals surface area contributed by atoms with E-state index in [1.54, 1.807) is 0 Å². The summed E-state index contributed by atoms with van der Waals surface area (Å²) in [7, 11) is 0. The van der Waals surface area contributed by atoms with E-state index in [0.29, 0.717) is 24.3 Å². The van der Waals surface area contributed by atoms with Crippen molar-refractivity contribution < 1.29 is 9.90 Å². The second-order valence-electron chi connectivity index (χ2n) is 6.19. The largest absolute Gasteiger partial charge is 0.511 e. The van der Waals surface area contributed by atoms with Crippen LogP contribution in [0.3, 0.4) is 0 Å². The van der Waals surface area contributed by atoms with Crippen molar-refractivity contribution in [3.8, 4) is 0 Å². The Hall–Kier alpha value is -1.12. The quantitative estimate of drug-likeness (QED) is 0.759. The normalized spacial score (nSPS) is 29.2. The van der Waals surface area contributed by atoms with Crippen LogP contribution in [-0.2, 0) is 4.79 Å². The number of allylic oxidation sites excluding steroid dienone is 2. The Morgan fingerprint density at radius 3 is 2.65 bits per heavy atom. The topological polar surface area (TPSA) is 49.7 Å². The molecule has 0 aromatic rings.